The van der Waals surface area contributed by atoms with E-state index in [1.807, 2.05) is 13.8 Å². The highest BCUT2D eigenvalue weighted by molar-refractivity contribution is 7.92. The monoisotopic (exact) mass is 448 g/mol. The summed E-state index contributed by atoms with van der Waals surface area (Å²) in [5.41, 5.74) is 2.18. The summed E-state index contributed by atoms with van der Waals surface area (Å²) in [6.45, 7) is 3.46. The molecule has 30 heavy (non-hydrogen) atoms. The van der Waals surface area contributed by atoms with Crippen LogP contribution in [0.1, 0.15) is 49.7 Å². The van der Waals surface area contributed by atoms with Crippen molar-refractivity contribution in [3.63, 3.8) is 0 Å². The first-order chi connectivity index (χ1) is 14.3. The van der Waals surface area contributed by atoms with Crippen LogP contribution in [0.5, 0.6) is 0 Å². The molecular formula is C23H29ClN2O3S. The molecule has 0 atom stereocenters. The lowest BCUT2D eigenvalue weighted by atomic mass is 10.1. The highest BCUT2D eigenvalue weighted by Crippen LogP contribution is 2.28. The summed E-state index contributed by atoms with van der Waals surface area (Å²) >= 11 is 6.26. The van der Waals surface area contributed by atoms with Crippen molar-refractivity contribution in [2.45, 2.75) is 63.3 Å². The van der Waals surface area contributed by atoms with Gasteiger partial charge in [-0.1, -0.05) is 61.0 Å². The summed E-state index contributed by atoms with van der Waals surface area (Å²) in [6.07, 6.45) is 6.41. The fraction of sp³-hybridized carbons (Fsp3) is 0.435. The van der Waals surface area contributed by atoms with Crippen molar-refractivity contribution in [2.75, 3.05) is 10.8 Å². The van der Waals surface area contributed by atoms with Crippen LogP contribution in [0.3, 0.4) is 0 Å². The summed E-state index contributed by atoms with van der Waals surface area (Å²) in [4.78, 5) is 13.0. The van der Waals surface area contributed by atoms with E-state index in [1.54, 1.807) is 42.5 Å². The van der Waals surface area contributed by atoms with Gasteiger partial charge in [-0.15, -0.1) is 0 Å². The summed E-state index contributed by atoms with van der Waals surface area (Å²) in [7, 11) is -3.93. The standard InChI is InChI=1S/C23H29ClN2O3S/c1-17-9-13-21(14-10-17)30(28,29)26(20-12-11-18(2)22(24)15-20)16-23(27)25-19-7-5-3-4-6-8-19/h9-15,19H,3-8,16H2,1-2H3,(H,25,27). The number of sulfonamides is 1. The molecule has 1 saturated carbocycles. The number of carbonyl (C=O) groups excluding carboxylic acids is 1. The maximum Gasteiger partial charge on any atom is 0.264 e. The number of amides is 1. The van der Waals surface area contributed by atoms with Crippen LogP contribution in [-0.4, -0.2) is 26.9 Å². The third-order valence-corrected chi connectivity index (χ3v) is 7.76. The van der Waals surface area contributed by atoms with Gasteiger partial charge in [-0.25, -0.2) is 8.42 Å². The molecule has 1 fully saturated rings. The van der Waals surface area contributed by atoms with E-state index in [2.05, 4.69) is 5.32 Å². The Bertz CT molecular complexity index is 982. The van der Waals surface area contributed by atoms with Gasteiger partial charge in [0.1, 0.15) is 6.54 Å². The number of aryl methyl sites for hydroxylation is 2. The number of carbonyl (C=O) groups is 1. The summed E-state index contributed by atoms with van der Waals surface area (Å²) in [5, 5.41) is 3.50. The predicted octanol–water partition coefficient (Wildman–Crippen LogP) is 4.99. The van der Waals surface area contributed by atoms with E-state index >= 15 is 0 Å². The minimum absolute atomic E-state index is 0.102. The van der Waals surface area contributed by atoms with Gasteiger partial charge in [0.25, 0.3) is 10.0 Å². The Morgan fingerprint density at radius 1 is 1.03 bits per heavy atom. The molecule has 0 aliphatic heterocycles. The van der Waals surface area contributed by atoms with Crippen LogP contribution in [0.15, 0.2) is 47.4 Å². The van der Waals surface area contributed by atoms with Crippen molar-refractivity contribution in [2.24, 2.45) is 0 Å². The Morgan fingerprint density at radius 2 is 1.67 bits per heavy atom. The molecule has 2 aromatic rings. The number of anilines is 1. The largest absolute Gasteiger partial charge is 0.352 e. The van der Waals surface area contributed by atoms with Crippen LogP contribution in [0.2, 0.25) is 5.02 Å². The Morgan fingerprint density at radius 3 is 2.27 bits per heavy atom. The summed E-state index contributed by atoms with van der Waals surface area (Å²) in [6, 6.07) is 11.8. The van der Waals surface area contributed by atoms with E-state index in [1.165, 1.54) is 12.8 Å². The summed E-state index contributed by atoms with van der Waals surface area (Å²) in [5.74, 6) is -0.297. The molecule has 1 amide bonds. The van der Waals surface area contributed by atoms with E-state index < -0.39 is 10.0 Å². The van der Waals surface area contributed by atoms with Gasteiger partial charge in [-0.05, 0) is 56.5 Å². The zero-order valence-electron chi connectivity index (χ0n) is 17.5. The average molecular weight is 449 g/mol. The van der Waals surface area contributed by atoms with Crippen molar-refractivity contribution in [3.05, 3.63) is 58.6 Å². The number of halogens is 1. The van der Waals surface area contributed by atoms with Crippen LogP contribution >= 0.6 is 11.6 Å². The van der Waals surface area contributed by atoms with Crippen molar-refractivity contribution in [1.29, 1.82) is 0 Å². The molecule has 2 aromatic carbocycles. The highest BCUT2D eigenvalue weighted by atomic mass is 35.5. The van der Waals surface area contributed by atoms with Gasteiger partial charge < -0.3 is 5.32 Å². The molecule has 0 saturated heterocycles. The number of nitrogens with one attached hydrogen (secondary N) is 1. The average Bonchev–Trinajstić information content (AvgIpc) is 2.97. The quantitative estimate of drug-likeness (QED) is 0.633. The predicted molar refractivity (Wildman–Crippen MR) is 122 cm³/mol. The van der Waals surface area contributed by atoms with Crippen molar-refractivity contribution < 1.29 is 13.2 Å². The number of hydrogen-bond donors (Lipinski definition) is 1. The van der Waals surface area contributed by atoms with Crippen LogP contribution < -0.4 is 9.62 Å². The van der Waals surface area contributed by atoms with Gasteiger partial charge in [0.2, 0.25) is 5.91 Å². The smallest absolute Gasteiger partial charge is 0.264 e. The minimum atomic E-state index is -3.93. The van der Waals surface area contributed by atoms with E-state index in [4.69, 9.17) is 11.6 Å². The van der Waals surface area contributed by atoms with Gasteiger partial charge >= 0.3 is 0 Å². The number of rotatable bonds is 6. The molecule has 0 radical (unpaired) electrons. The lowest BCUT2D eigenvalue weighted by Gasteiger charge is -2.26. The Kier molecular flexibility index (Phi) is 7.42. The van der Waals surface area contributed by atoms with Crippen molar-refractivity contribution >= 4 is 33.2 Å². The molecule has 1 aliphatic rings. The van der Waals surface area contributed by atoms with Crippen LogP contribution in [-0.2, 0) is 14.8 Å². The second kappa shape index (κ2) is 9.84. The second-order valence-corrected chi connectivity index (χ2v) is 10.3. The molecule has 7 heteroatoms. The molecular weight excluding hydrogens is 420 g/mol. The van der Waals surface area contributed by atoms with Crippen molar-refractivity contribution in [1.82, 2.24) is 5.32 Å². The third kappa shape index (κ3) is 5.55. The van der Waals surface area contributed by atoms with Gasteiger partial charge in [0.15, 0.2) is 0 Å². The van der Waals surface area contributed by atoms with Crippen LogP contribution in [0.25, 0.3) is 0 Å². The third-order valence-electron chi connectivity index (χ3n) is 5.56. The van der Waals surface area contributed by atoms with E-state index in [-0.39, 0.29) is 23.4 Å². The molecule has 5 nitrogen and oxygen atoms in total. The van der Waals surface area contributed by atoms with E-state index in [0.29, 0.717) is 10.7 Å². The molecule has 0 heterocycles. The molecule has 1 aliphatic carbocycles. The normalized spacial score (nSPS) is 15.4. The first-order valence-electron chi connectivity index (χ1n) is 10.4. The Labute approximate surface area is 184 Å². The fourth-order valence-corrected chi connectivity index (χ4v) is 5.30. The highest BCUT2D eigenvalue weighted by Gasteiger charge is 2.28. The van der Waals surface area contributed by atoms with Crippen LogP contribution in [0.4, 0.5) is 5.69 Å². The summed E-state index contributed by atoms with van der Waals surface area (Å²) < 4.78 is 28.0. The second-order valence-electron chi connectivity index (χ2n) is 8.01. The van der Waals surface area contributed by atoms with E-state index in [0.717, 1.165) is 41.1 Å². The van der Waals surface area contributed by atoms with Gasteiger partial charge in [-0.2, -0.15) is 0 Å². The number of hydrogen-bond acceptors (Lipinski definition) is 3. The maximum atomic E-state index is 13.4. The molecule has 0 aromatic heterocycles. The molecule has 0 spiro atoms. The van der Waals surface area contributed by atoms with Crippen molar-refractivity contribution in [3.8, 4) is 0 Å². The molecule has 162 valence electrons. The topological polar surface area (TPSA) is 66.5 Å². The molecule has 0 bridgehead atoms. The van der Waals surface area contributed by atoms with E-state index in [9.17, 15) is 13.2 Å². The SMILES string of the molecule is Cc1ccc(S(=O)(=O)N(CC(=O)NC2CCCCCC2)c2ccc(C)c(Cl)c2)cc1. The maximum absolute atomic E-state index is 13.4. The lowest BCUT2D eigenvalue weighted by Crippen LogP contribution is -2.44. The van der Waals surface area contributed by atoms with Gasteiger partial charge in [0.05, 0.1) is 10.6 Å². The molecule has 0 unspecified atom stereocenters. The van der Waals surface area contributed by atoms with Gasteiger partial charge in [-0.3, -0.25) is 9.10 Å². The zero-order chi connectivity index (χ0) is 21.7. The Hall–Kier alpha value is -2.05. The number of benzene rings is 2. The molecule has 1 N–H and O–H groups in total. The fourth-order valence-electron chi connectivity index (χ4n) is 3.72. The first kappa shape index (κ1) is 22.6. The van der Waals surface area contributed by atoms with Crippen LogP contribution in [0, 0.1) is 13.8 Å². The lowest BCUT2D eigenvalue weighted by molar-refractivity contribution is -0.120. The van der Waals surface area contributed by atoms with Gasteiger partial charge in [0, 0.05) is 11.1 Å². The zero-order valence-corrected chi connectivity index (χ0v) is 19.1. The molecule has 3 rings (SSSR count). The Balaban J connectivity index is 1.89. The number of nitrogens with zero attached hydrogens (tertiary/aromatic N) is 1. The first-order valence-corrected chi connectivity index (χ1v) is 12.2. The minimum Gasteiger partial charge on any atom is -0.352 e.